The highest BCUT2D eigenvalue weighted by atomic mass is 16.3. The fraction of sp³-hybridized carbons (Fsp3) is 0.368. The first-order chi connectivity index (χ1) is 10.2. The van der Waals surface area contributed by atoms with Crippen molar-refractivity contribution in [3.8, 4) is 5.75 Å². The van der Waals surface area contributed by atoms with Crippen LogP contribution in [0.3, 0.4) is 0 Å². The minimum Gasteiger partial charge on any atom is -0.508 e. The number of hydrogen-bond donors (Lipinski definition) is 1. The van der Waals surface area contributed by atoms with Gasteiger partial charge in [-0.3, -0.25) is 4.90 Å². The van der Waals surface area contributed by atoms with Crippen LogP contribution in [0.15, 0.2) is 48.5 Å². The van der Waals surface area contributed by atoms with Crippen molar-refractivity contribution in [1.29, 1.82) is 0 Å². The third kappa shape index (κ3) is 3.45. The lowest BCUT2D eigenvalue weighted by Crippen LogP contribution is -2.37. The van der Waals surface area contributed by atoms with E-state index in [4.69, 9.17) is 0 Å². The number of rotatable bonds is 4. The Morgan fingerprint density at radius 3 is 2.52 bits per heavy atom. The van der Waals surface area contributed by atoms with Crippen LogP contribution >= 0.6 is 0 Å². The largest absolute Gasteiger partial charge is 0.508 e. The van der Waals surface area contributed by atoms with Gasteiger partial charge in [0, 0.05) is 19.1 Å². The maximum absolute atomic E-state index is 9.32. The molecule has 0 radical (unpaired) electrons. The van der Waals surface area contributed by atoms with Gasteiger partial charge in [0.25, 0.3) is 0 Å². The van der Waals surface area contributed by atoms with Gasteiger partial charge in [-0.15, -0.1) is 0 Å². The number of phenols is 1. The van der Waals surface area contributed by atoms with Crippen LogP contribution in [-0.2, 0) is 19.4 Å². The first-order valence-corrected chi connectivity index (χ1v) is 7.81. The summed E-state index contributed by atoms with van der Waals surface area (Å²) in [6.07, 6.45) is 3.40. The van der Waals surface area contributed by atoms with E-state index in [1.807, 2.05) is 12.1 Å². The van der Waals surface area contributed by atoms with Gasteiger partial charge in [0.1, 0.15) is 5.75 Å². The van der Waals surface area contributed by atoms with E-state index in [-0.39, 0.29) is 0 Å². The molecule has 1 aliphatic heterocycles. The van der Waals surface area contributed by atoms with Crippen LogP contribution in [0.4, 0.5) is 0 Å². The Hall–Kier alpha value is -1.80. The van der Waals surface area contributed by atoms with E-state index >= 15 is 0 Å². The summed E-state index contributed by atoms with van der Waals surface area (Å²) >= 11 is 0. The SMILES string of the molecule is C[C@@H](CCc1ccc(O)cc1)N1CCc2ccccc2C1. The number of aryl methyl sites for hydroxylation is 1. The Labute approximate surface area is 127 Å². The molecule has 0 aromatic heterocycles. The lowest BCUT2D eigenvalue weighted by Gasteiger charge is -2.33. The van der Waals surface area contributed by atoms with Crippen molar-refractivity contribution < 1.29 is 5.11 Å². The quantitative estimate of drug-likeness (QED) is 0.922. The van der Waals surface area contributed by atoms with Gasteiger partial charge in [0.2, 0.25) is 0 Å². The smallest absolute Gasteiger partial charge is 0.115 e. The van der Waals surface area contributed by atoms with Gasteiger partial charge in [-0.05, 0) is 55.0 Å². The molecule has 110 valence electrons. The molecule has 1 atom stereocenters. The van der Waals surface area contributed by atoms with Gasteiger partial charge in [0.15, 0.2) is 0 Å². The average Bonchev–Trinajstić information content (AvgIpc) is 2.53. The van der Waals surface area contributed by atoms with E-state index < -0.39 is 0 Å². The Balaban J connectivity index is 1.57. The Morgan fingerprint density at radius 2 is 1.76 bits per heavy atom. The molecule has 0 unspecified atom stereocenters. The standard InChI is InChI=1S/C19H23NO/c1-15(6-7-16-8-10-19(21)11-9-16)20-13-12-17-4-2-3-5-18(17)14-20/h2-5,8-11,15,21H,6-7,12-14H2,1H3/t15-/m0/s1. The van der Waals surface area contributed by atoms with Crippen LogP contribution in [0, 0.1) is 0 Å². The minimum absolute atomic E-state index is 0.347. The van der Waals surface area contributed by atoms with Crippen LogP contribution in [0.5, 0.6) is 5.75 Å². The second kappa shape index (κ2) is 6.31. The lowest BCUT2D eigenvalue weighted by molar-refractivity contribution is 0.182. The molecule has 2 aromatic carbocycles. The summed E-state index contributed by atoms with van der Waals surface area (Å²) in [6.45, 7) is 4.56. The third-order valence-electron chi connectivity index (χ3n) is 4.57. The maximum atomic E-state index is 9.32. The Morgan fingerprint density at radius 1 is 1.05 bits per heavy atom. The predicted molar refractivity (Wildman–Crippen MR) is 86.4 cm³/mol. The fourth-order valence-corrected chi connectivity index (χ4v) is 3.11. The monoisotopic (exact) mass is 281 g/mol. The van der Waals surface area contributed by atoms with Crippen molar-refractivity contribution in [2.24, 2.45) is 0 Å². The fourth-order valence-electron chi connectivity index (χ4n) is 3.11. The summed E-state index contributed by atoms with van der Waals surface area (Å²) in [7, 11) is 0. The van der Waals surface area contributed by atoms with Crippen molar-refractivity contribution in [1.82, 2.24) is 4.90 Å². The van der Waals surface area contributed by atoms with Crippen LogP contribution < -0.4 is 0 Å². The molecule has 1 heterocycles. The van der Waals surface area contributed by atoms with E-state index in [1.54, 1.807) is 12.1 Å². The maximum Gasteiger partial charge on any atom is 0.115 e. The second-order valence-corrected chi connectivity index (χ2v) is 6.04. The van der Waals surface area contributed by atoms with E-state index in [0.29, 0.717) is 11.8 Å². The minimum atomic E-state index is 0.347. The highest BCUT2D eigenvalue weighted by Gasteiger charge is 2.19. The van der Waals surface area contributed by atoms with Gasteiger partial charge < -0.3 is 5.11 Å². The van der Waals surface area contributed by atoms with Crippen LogP contribution in [0.25, 0.3) is 0 Å². The summed E-state index contributed by atoms with van der Waals surface area (Å²) in [5.41, 5.74) is 4.30. The highest BCUT2D eigenvalue weighted by molar-refractivity contribution is 5.29. The van der Waals surface area contributed by atoms with Crippen molar-refractivity contribution in [3.63, 3.8) is 0 Å². The topological polar surface area (TPSA) is 23.5 Å². The first kappa shape index (κ1) is 14.2. The molecule has 0 bridgehead atoms. The van der Waals surface area contributed by atoms with Crippen molar-refractivity contribution in [2.45, 2.75) is 38.8 Å². The van der Waals surface area contributed by atoms with Crippen molar-refractivity contribution in [3.05, 3.63) is 65.2 Å². The number of fused-ring (bicyclic) bond motifs is 1. The molecule has 2 heteroatoms. The number of benzene rings is 2. The Bertz CT molecular complexity index is 591. The number of nitrogens with zero attached hydrogens (tertiary/aromatic N) is 1. The summed E-state index contributed by atoms with van der Waals surface area (Å²) in [5, 5.41) is 9.32. The molecule has 3 rings (SSSR count). The summed E-state index contributed by atoms with van der Waals surface area (Å²) in [4.78, 5) is 2.59. The molecule has 0 aliphatic carbocycles. The van der Waals surface area contributed by atoms with Crippen LogP contribution in [-0.4, -0.2) is 22.6 Å². The van der Waals surface area contributed by atoms with Gasteiger partial charge in [0.05, 0.1) is 0 Å². The number of phenolic OH excluding ortho intramolecular Hbond substituents is 1. The van der Waals surface area contributed by atoms with Gasteiger partial charge in [-0.2, -0.15) is 0 Å². The molecule has 2 aromatic rings. The predicted octanol–water partition coefficient (Wildman–Crippen LogP) is 3.77. The molecule has 0 fully saturated rings. The molecule has 1 aliphatic rings. The molecule has 0 saturated carbocycles. The summed E-state index contributed by atoms with van der Waals surface area (Å²) in [6, 6.07) is 17.0. The van der Waals surface area contributed by atoms with E-state index in [0.717, 1.165) is 25.9 Å². The highest BCUT2D eigenvalue weighted by Crippen LogP contribution is 2.22. The molecule has 0 spiro atoms. The Kier molecular flexibility index (Phi) is 4.26. The molecule has 0 amide bonds. The molecular weight excluding hydrogens is 258 g/mol. The number of aromatic hydroxyl groups is 1. The molecule has 1 N–H and O–H groups in total. The zero-order valence-electron chi connectivity index (χ0n) is 12.6. The zero-order valence-corrected chi connectivity index (χ0v) is 12.6. The number of hydrogen-bond acceptors (Lipinski definition) is 2. The van der Waals surface area contributed by atoms with E-state index in [9.17, 15) is 5.11 Å². The van der Waals surface area contributed by atoms with E-state index in [1.165, 1.54) is 23.1 Å². The molecule has 0 saturated heterocycles. The van der Waals surface area contributed by atoms with Crippen molar-refractivity contribution in [2.75, 3.05) is 6.54 Å². The zero-order chi connectivity index (χ0) is 14.7. The lowest BCUT2D eigenvalue weighted by atomic mass is 9.97. The van der Waals surface area contributed by atoms with Gasteiger partial charge in [-0.25, -0.2) is 0 Å². The second-order valence-electron chi connectivity index (χ2n) is 6.04. The summed E-state index contributed by atoms with van der Waals surface area (Å²) in [5.74, 6) is 0.347. The first-order valence-electron chi connectivity index (χ1n) is 7.81. The van der Waals surface area contributed by atoms with Crippen LogP contribution in [0.2, 0.25) is 0 Å². The average molecular weight is 281 g/mol. The third-order valence-corrected chi connectivity index (χ3v) is 4.57. The van der Waals surface area contributed by atoms with Gasteiger partial charge in [-0.1, -0.05) is 36.4 Å². The van der Waals surface area contributed by atoms with Gasteiger partial charge >= 0.3 is 0 Å². The normalized spacial score (nSPS) is 16.4. The summed E-state index contributed by atoms with van der Waals surface area (Å²) < 4.78 is 0. The van der Waals surface area contributed by atoms with E-state index in [2.05, 4.69) is 36.1 Å². The molecule has 21 heavy (non-hydrogen) atoms. The van der Waals surface area contributed by atoms with Crippen LogP contribution in [0.1, 0.15) is 30.0 Å². The van der Waals surface area contributed by atoms with Crippen molar-refractivity contribution >= 4 is 0 Å². The molecular formula is C19H23NO. The molecule has 2 nitrogen and oxygen atoms in total.